The van der Waals surface area contributed by atoms with Crippen LogP contribution in [0.2, 0.25) is 0 Å². The molecule has 0 N–H and O–H groups in total. The molecular weight excluding hydrogens is 258 g/mol. The molecule has 2 aromatic rings. The first-order valence-electron chi connectivity index (χ1n) is 6.06. The number of rotatable bonds is 1. The molecular formula is C14H17N3OS. The van der Waals surface area contributed by atoms with Crippen LogP contribution < -0.4 is 4.80 Å². The Morgan fingerprint density at radius 2 is 2.16 bits per heavy atom. The summed E-state index contributed by atoms with van der Waals surface area (Å²) in [4.78, 5) is 22.2. The van der Waals surface area contributed by atoms with E-state index in [0.717, 1.165) is 10.6 Å². The van der Waals surface area contributed by atoms with Crippen LogP contribution in [0.1, 0.15) is 25.6 Å². The Labute approximate surface area is 116 Å². The summed E-state index contributed by atoms with van der Waals surface area (Å²) in [6, 6.07) is 3.81. The number of pyridine rings is 1. The highest BCUT2D eigenvalue weighted by Crippen LogP contribution is 2.15. The highest BCUT2D eigenvalue weighted by molar-refractivity contribution is 7.09. The van der Waals surface area contributed by atoms with Crippen molar-refractivity contribution in [1.29, 1.82) is 0 Å². The second-order valence-corrected chi connectivity index (χ2v) is 6.59. The first-order chi connectivity index (χ1) is 8.88. The first-order valence-corrected chi connectivity index (χ1v) is 6.88. The number of carbonyl (C=O) groups excluding carboxylic acids is 1. The lowest BCUT2D eigenvalue weighted by Crippen LogP contribution is -2.22. The minimum Gasteiger partial charge on any atom is -0.291 e. The van der Waals surface area contributed by atoms with Crippen molar-refractivity contribution >= 4 is 17.2 Å². The van der Waals surface area contributed by atoms with Gasteiger partial charge < -0.3 is 0 Å². The molecule has 0 spiro atoms. The van der Waals surface area contributed by atoms with Gasteiger partial charge in [-0.25, -0.2) is 0 Å². The van der Waals surface area contributed by atoms with E-state index in [1.54, 1.807) is 12.4 Å². The third-order valence-corrected chi connectivity index (χ3v) is 3.43. The van der Waals surface area contributed by atoms with Gasteiger partial charge in [0.05, 0.1) is 11.9 Å². The van der Waals surface area contributed by atoms with Crippen LogP contribution in [-0.2, 0) is 4.79 Å². The van der Waals surface area contributed by atoms with Crippen molar-refractivity contribution in [2.75, 3.05) is 0 Å². The van der Waals surface area contributed by atoms with Crippen LogP contribution >= 0.6 is 11.3 Å². The van der Waals surface area contributed by atoms with Crippen LogP contribution in [0.3, 0.4) is 0 Å². The number of hydrogen-bond donors (Lipinski definition) is 0. The van der Waals surface area contributed by atoms with Gasteiger partial charge in [0.15, 0.2) is 4.80 Å². The molecule has 4 nitrogen and oxygen atoms in total. The molecule has 0 aliphatic heterocycles. The summed E-state index contributed by atoms with van der Waals surface area (Å²) < 4.78 is 1.90. The number of nitrogens with zero attached hydrogens (tertiary/aromatic N) is 3. The molecule has 100 valence electrons. The molecule has 19 heavy (non-hydrogen) atoms. The lowest BCUT2D eigenvalue weighted by Gasteiger charge is -2.11. The number of aryl methyl sites for hydroxylation is 1. The Bertz CT molecular complexity index is 647. The van der Waals surface area contributed by atoms with Gasteiger partial charge in [-0.3, -0.25) is 14.3 Å². The molecule has 2 aromatic heterocycles. The molecule has 0 aromatic carbocycles. The van der Waals surface area contributed by atoms with Crippen molar-refractivity contribution in [1.82, 2.24) is 9.55 Å². The summed E-state index contributed by atoms with van der Waals surface area (Å²) in [5, 5.41) is 0. The molecule has 0 aliphatic rings. The maximum absolute atomic E-state index is 12.0. The van der Waals surface area contributed by atoms with Gasteiger partial charge in [0, 0.05) is 22.7 Å². The molecule has 0 radical (unpaired) electrons. The smallest absolute Gasteiger partial charge is 0.253 e. The lowest BCUT2D eigenvalue weighted by molar-refractivity contribution is -0.125. The SMILES string of the molecule is Cc1cn(-c2cccnc2)c(=NC(=O)C(C)(C)C)s1. The van der Waals surface area contributed by atoms with E-state index in [-0.39, 0.29) is 5.91 Å². The van der Waals surface area contributed by atoms with Gasteiger partial charge in [-0.1, -0.05) is 20.8 Å². The van der Waals surface area contributed by atoms with Gasteiger partial charge in [-0.2, -0.15) is 4.99 Å². The summed E-state index contributed by atoms with van der Waals surface area (Å²) in [5.74, 6) is -0.119. The van der Waals surface area contributed by atoms with Gasteiger partial charge in [-0.05, 0) is 19.1 Å². The highest BCUT2D eigenvalue weighted by Gasteiger charge is 2.20. The maximum Gasteiger partial charge on any atom is 0.253 e. The van der Waals surface area contributed by atoms with Crippen LogP contribution in [0.15, 0.2) is 35.7 Å². The standard InChI is InChI=1S/C14H17N3OS/c1-10-9-17(11-6-5-7-15-8-11)13(19-10)16-12(18)14(2,3)4/h5-9H,1-4H3. The fourth-order valence-electron chi connectivity index (χ4n) is 1.47. The van der Waals surface area contributed by atoms with E-state index < -0.39 is 5.41 Å². The Balaban J connectivity index is 2.54. The summed E-state index contributed by atoms with van der Waals surface area (Å²) in [6.07, 6.45) is 5.45. The molecule has 0 unspecified atom stereocenters. The van der Waals surface area contributed by atoms with Crippen LogP contribution in [0, 0.1) is 12.3 Å². The minimum atomic E-state index is -0.468. The van der Waals surface area contributed by atoms with E-state index in [1.807, 2.05) is 50.6 Å². The van der Waals surface area contributed by atoms with E-state index in [0.29, 0.717) is 4.80 Å². The van der Waals surface area contributed by atoms with Gasteiger partial charge in [-0.15, -0.1) is 11.3 Å². The normalized spacial score (nSPS) is 12.7. The van der Waals surface area contributed by atoms with Crippen molar-refractivity contribution in [3.05, 3.63) is 40.4 Å². The second kappa shape index (κ2) is 5.09. The molecule has 2 heterocycles. The number of amides is 1. The predicted molar refractivity (Wildman–Crippen MR) is 76.2 cm³/mol. The average Bonchev–Trinajstić information content (AvgIpc) is 2.70. The monoisotopic (exact) mass is 275 g/mol. The molecule has 0 atom stereocenters. The average molecular weight is 275 g/mol. The number of carbonyl (C=O) groups is 1. The second-order valence-electron chi connectivity index (χ2n) is 5.37. The molecule has 0 saturated carbocycles. The van der Waals surface area contributed by atoms with Gasteiger partial charge >= 0.3 is 0 Å². The Hall–Kier alpha value is -1.75. The summed E-state index contributed by atoms with van der Waals surface area (Å²) >= 11 is 1.50. The van der Waals surface area contributed by atoms with Crippen molar-refractivity contribution in [3.63, 3.8) is 0 Å². The van der Waals surface area contributed by atoms with Crippen LogP contribution in [0.25, 0.3) is 5.69 Å². The van der Waals surface area contributed by atoms with Crippen molar-refractivity contribution in [2.45, 2.75) is 27.7 Å². The topological polar surface area (TPSA) is 47.2 Å². The predicted octanol–water partition coefficient (Wildman–Crippen LogP) is 2.72. The molecule has 0 aliphatic carbocycles. The zero-order valence-corrected chi connectivity index (χ0v) is 12.4. The molecule has 0 fully saturated rings. The fraction of sp³-hybridized carbons (Fsp3) is 0.357. The maximum atomic E-state index is 12.0. The van der Waals surface area contributed by atoms with E-state index in [9.17, 15) is 4.79 Å². The minimum absolute atomic E-state index is 0.119. The Kier molecular flexibility index (Phi) is 3.66. The van der Waals surface area contributed by atoms with Crippen LogP contribution in [-0.4, -0.2) is 15.5 Å². The summed E-state index contributed by atoms with van der Waals surface area (Å²) in [7, 11) is 0. The molecule has 1 amide bonds. The zero-order valence-electron chi connectivity index (χ0n) is 11.5. The molecule has 0 saturated heterocycles. The molecule has 0 bridgehead atoms. The highest BCUT2D eigenvalue weighted by atomic mass is 32.1. The largest absolute Gasteiger partial charge is 0.291 e. The first kappa shape index (κ1) is 13.7. The number of aromatic nitrogens is 2. The van der Waals surface area contributed by atoms with Gasteiger partial charge in [0.1, 0.15) is 0 Å². The van der Waals surface area contributed by atoms with Crippen LogP contribution in [0.5, 0.6) is 0 Å². The van der Waals surface area contributed by atoms with Gasteiger partial charge in [0.25, 0.3) is 5.91 Å². The fourth-order valence-corrected chi connectivity index (χ4v) is 2.30. The lowest BCUT2D eigenvalue weighted by atomic mass is 9.96. The molecule has 2 rings (SSSR count). The third kappa shape index (κ3) is 3.17. The number of thiazole rings is 1. The van der Waals surface area contributed by atoms with Crippen molar-refractivity contribution in [2.24, 2.45) is 10.4 Å². The molecule has 5 heteroatoms. The van der Waals surface area contributed by atoms with E-state index in [2.05, 4.69) is 9.98 Å². The number of hydrogen-bond acceptors (Lipinski definition) is 3. The summed E-state index contributed by atoms with van der Waals surface area (Å²) in [6.45, 7) is 7.60. The quantitative estimate of drug-likeness (QED) is 0.803. The van der Waals surface area contributed by atoms with Gasteiger partial charge in [0.2, 0.25) is 0 Å². The Morgan fingerprint density at radius 3 is 2.74 bits per heavy atom. The van der Waals surface area contributed by atoms with E-state index >= 15 is 0 Å². The Morgan fingerprint density at radius 1 is 1.42 bits per heavy atom. The van der Waals surface area contributed by atoms with Crippen molar-refractivity contribution < 1.29 is 4.79 Å². The van der Waals surface area contributed by atoms with Crippen molar-refractivity contribution in [3.8, 4) is 5.69 Å². The summed E-state index contributed by atoms with van der Waals surface area (Å²) in [5.41, 5.74) is 0.442. The third-order valence-electron chi connectivity index (χ3n) is 2.53. The zero-order chi connectivity index (χ0) is 14.0. The van der Waals surface area contributed by atoms with E-state index in [4.69, 9.17) is 0 Å². The van der Waals surface area contributed by atoms with E-state index in [1.165, 1.54) is 11.3 Å². The van der Waals surface area contributed by atoms with Crippen LogP contribution in [0.4, 0.5) is 0 Å².